The Morgan fingerprint density at radius 2 is 1.90 bits per heavy atom. The van der Waals surface area contributed by atoms with Crippen molar-refractivity contribution in [3.05, 3.63) is 28.8 Å². The van der Waals surface area contributed by atoms with Crippen molar-refractivity contribution >= 4 is 17.3 Å². The van der Waals surface area contributed by atoms with Gasteiger partial charge < -0.3 is 5.32 Å². The van der Waals surface area contributed by atoms with Crippen LogP contribution in [0, 0.1) is 23.2 Å². The Bertz CT molecular complexity index is 520. The van der Waals surface area contributed by atoms with Crippen LogP contribution in [0.25, 0.3) is 0 Å². The summed E-state index contributed by atoms with van der Waals surface area (Å²) in [7, 11) is 0. The van der Waals surface area contributed by atoms with E-state index in [-0.39, 0.29) is 0 Å². The molecule has 20 heavy (non-hydrogen) atoms. The second-order valence-corrected chi connectivity index (χ2v) is 6.67. The van der Waals surface area contributed by atoms with E-state index in [9.17, 15) is 0 Å². The van der Waals surface area contributed by atoms with E-state index in [1.165, 1.54) is 44.9 Å². The summed E-state index contributed by atoms with van der Waals surface area (Å²) in [5, 5.41) is 13.1. The lowest BCUT2D eigenvalue weighted by Gasteiger charge is -2.39. The fourth-order valence-electron chi connectivity index (χ4n) is 3.93. The van der Waals surface area contributed by atoms with Crippen LogP contribution in [0.5, 0.6) is 0 Å². The van der Waals surface area contributed by atoms with Crippen LogP contribution in [0.3, 0.4) is 0 Å². The van der Waals surface area contributed by atoms with E-state index >= 15 is 0 Å². The summed E-state index contributed by atoms with van der Waals surface area (Å²) in [5.74, 6) is 1.88. The number of benzene rings is 1. The Balaban J connectivity index is 1.65. The molecule has 3 atom stereocenters. The molecule has 2 aliphatic rings. The van der Waals surface area contributed by atoms with Gasteiger partial charge in [0, 0.05) is 6.04 Å². The summed E-state index contributed by atoms with van der Waals surface area (Å²) in [4.78, 5) is 0. The highest BCUT2D eigenvalue weighted by atomic mass is 35.5. The van der Waals surface area contributed by atoms with Crippen molar-refractivity contribution in [1.29, 1.82) is 5.26 Å². The molecule has 0 aliphatic heterocycles. The fraction of sp³-hybridized carbons (Fsp3) is 0.588. The standard InChI is InChI=1S/C17H21ClN2/c18-16-9-12(11-19)5-8-17(16)20-15-7-6-13-3-1-2-4-14(13)10-15/h5,8-9,13-15,20H,1-4,6-7,10H2. The highest BCUT2D eigenvalue weighted by Crippen LogP contribution is 2.41. The van der Waals surface area contributed by atoms with Gasteiger partial charge in [0.05, 0.1) is 22.3 Å². The molecule has 106 valence electrons. The first-order valence-electron chi connectivity index (χ1n) is 7.72. The summed E-state index contributed by atoms with van der Waals surface area (Å²) in [5.41, 5.74) is 1.60. The first-order chi connectivity index (χ1) is 9.76. The van der Waals surface area contributed by atoms with Crippen molar-refractivity contribution in [2.75, 3.05) is 5.32 Å². The zero-order valence-corrected chi connectivity index (χ0v) is 12.5. The molecule has 0 heterocycles. The maximum atomic E-state index is 8.87. The predicted molar refractivity (Wildman–Crippen MR) is 82.9 cm³/mol. The molecule has 0 radical (unpaired) electrons. The Labute approximate surface area is 126 Å². The number of nitrogens with one attached hydrogen (secondary N) is 1. The highest BCUT2D eigenvalue weighted by molar-refractivity contribution is 6.33. The second-order valence-electron chi connectivity index (χ2n) is 6.27. The van der Waals surface area contributed by atoms with Crippen LogP contribution in [0.15, 0.2) is 18.2 Å². The van der Waals surface area contributed by atoms with E-state index in [1.54, 1.807) is 6.07 Å². The van der Waals surface area contributed by atoms with Gasteiger partial charge in [-0.15, -0.1) is 0 Å². The molecule has 2 fully saturated rings. The molecule has 3 heteroatoms. The van der Waals surface area contributed by atoms with E-state index in [0.717, 1.165) is 17.5 Å². The highest BCUT2D eigenvalue weighted by Gasteiger charge is 2.32. The van der Waals surface area contributed by atoms with Crippen molar-refractivity contribution in [3.63, 3.8) is 0 Å². The molecule has 0 spiro atoms. The zero-order valence-electron chi connectivity index (χ0n) is 11.7. The normalized spacial score (nSPS) is 29.3. The molecule has 3 rings (SSSR count). The van der Waals surface area contributed by atoms with Gasteiger partial charge in [0.15, 0.2) is 0 Å². The van der Waals surface area contributed by atoms with Gasteiger partial charge in [0.1, 0.15) is 0 Å². The summed E-state index contributed by atoms with van der Waals surface area (Å²) in [6.45, 7) is 0. The van der Waals surface area contributed by atoms with E-state index in [1.807, 2.05) is 12.1 Å². The number of anilines is 1. The average Bonchev–Trinajstić information content (AvgIpc) is 2.49. The summed E-state index contributed by atoms with van der Waals surface area (Å²) in [6, 6.07) is 8.18. The lowest BCUT2D eigenvalue weighted by atomic mass is 9.69. The van der Waals surface area contributed by atoms with Gasteiger partial charge in [0.2, 0.25) is 0 Å². The van der Waals surface area contributed by atoms with Crippen LogP contribution >= 0.6 is 11.6 Å². The van der Waals surface area contributed by atoms with Gasteiger partial charge >= 0.3 is 0 Å². The Morgan fingerprint density at radius 1 is 1.10 bits per heavy atom. The first kappa shape index (κ1) is 13.8. The fourth-order valence-corrected chi connectivity index (χ4v) is 4.16. The molecule has 2 nitrogen and oxygen atoms in total. The van der Waals surface area contributed by atoms with Gasteiger partial charge in [-0.2, -0.15) is 5.26 Å². The van der Waals surface area contributed by atoms with Crippen LogP contribution in [-0.4, -0.2) is 6.04 Å². The van der Waals surface area contributed by atoms with E-state index < -0.39 is 0 Å². The van der Waals surface area contributed by atoms with Gasteiger partial charge in [0.25, 0.3) is 0 Å². The maximum absolute atomic E-state index is 8.87. The minimum absolute atomic E-state index is 0.541. The number of halogens is 1. The van der Waals surface area contributed by atoms with E-state index in [4.69, 9.17) is 16.9 Å². The second kappa shape index (κ2) is 6.06. The molecule has 0 bridgehead atoms. The van der Waals surface area contributed by atoms with Crippen molar-refractivity contribution in [2.24, 2.45) is 11.8 Å². The van der Waals surface area contributed by atoms with Crippen molar-refractivity contribution in [2.45, 2.75) is 51.0 Å². The lowest BCUT2D eigenvalue weighted by Crippen LogP contribution is -2.34. The summed E-state index contributed by atoms with van der Waals surface area (Å²) < 4.78 is 0. The zero-order chi connectivity index (χ0) is 13.9. The third-order valence-corrected chi connectivity index (χ3v) is 5.31. The molecular formula is C17H21ClN2. The van der Waals surface area contributed by atoms with Gasteiger partial charge in [-0.3, -0.25) is 0 Å². The smallest absolute Gasteiger partial charge is 0.0992 e. The maximum Gasteiger partial charge on any atom is 0.0992 e. The molecule has 2 aliphatic carbocycles. The Hall–Kier alpha value is -1.20. The number of hydrogen-bond acceptors (Lipinski definition) is 2. The molecule has 1 N–H and O–H groups in total. The van der Waals surface area contributed by atoms with Crippen LogP contribution in [0.4, 0.5) is 5.69 Å². The van der Waals surface area contributed by atoms with Crippen LogP contribution in [0.1, 0.15) is 50.5 Å². The third kappa shape index (κ3) is 2.94. The SMILES string of the molecule is N#Cc1ccc(NC2CCC3CCCCC3C2)c(Cl)c1. The molecule has 1 aromatic carbocycles. The van der Waals surface area contributed by atoms with Crippen LogP contribution in [-0.2, 0) is 0 Å². The monoisotopic (exact) mass is 288 g/mol. The number of nitriles is 1. The van der Waals surface area contributed by atoms with Crippen molar-refractivity contribution in [1.82, 2.24) is 0 Å². The minimum atomic E-state index is 0.541. The summed E-state index contributed by atoms with van der Waals surface area (Å²) in [6.07, 6.45) is 9.57. The Kier molecular flexibility index (Phi) is 4.17. The predicted octanol–water partition coefficient (Wildman–Crippen LogP) is 4.98. The first-order valence-corrected chi connectivity index (χ1v) is 8.10. The molecule has 3 unspecified atom stereocenters. The van der Waals surface area contributed by atoms with Crippen LogP contribution in [0.2, 0.25) is 5.02 Å². The lowest BCUT2D eigenvalue weighted by molar-refractivity contribution is 0.162. The minimum Gasteiger partial charge on any atom is -0.381 e. The quantitative estimate of drug-likeness (QED) is 0.833. The molecule has 0 amide bonds. The third-order valence-electron chi connectivity index (χ3n) is 5.00. The number of nitrogens with zero attached hydrogens (tertiary/aromatic N) is 1. The van der Waals surface area contributed by atoms with Gasteiger partial charge in [-0.1, -0.05) is 37.3 Å². The molecule has 2 saturated carbocycles. The number of hydrogen-bond donors (Lipinski definition) is 1. The Morgan fingerprint density at radius 3 is 2.65 bits per heavy atom. The van der Waals surface area contributed by atoms with Crippen LogP contribution < -0.4 is 5.32 Å². The molecule has 0 saturated heterocycles. The topological polar surface area (TPSA) is 35.8 Å². The number of rotatable bonds is 2. The molecule has 1 aromatic rings. The van der Waals surface area contributed by atoms with Crippen molar-refractivity contribution < 1.29 is 0 Å². The van der Waals surface area contributed by atoms with E-state index in [0.29, 0.717) is 16.6 Å². The largest absolute Gasteiger partial charge is 0.381 e. The summed E-state index contributed by atoms with van der Waals surface area (Å²) >= 11 is 6.25. The molecule has 0 aromatic heterocycles. The van der Waals surface area contributed by atoms with E-state index in [2.05, 4.69) is 11.4 Å². The number of fused-ring (bicyclic) bond motifs is 1. The van der Waals surface area contributed by atoms with Gasteiger partial charge in [-0.05, 0) is 49.3 Å². The molecular weight excluding hydrogens is 268 g/mol. The van der Waals surface area contributed by atoms with Crippen molar-refractivity contribution in [3.8, 4) is 6.07 Å². The van der Waals surface area contributed by atoms with Gasteiger partial charge in [-0.25, -0.2) is 0 Å². The average molecular weight is 289 g/mol.